The second-order valence-electron chi connectivity index (χ2n) is 7.63. The monoisotopic (exact) mass is 408 g/mol. The minimum atomic E-state index is -0.0228. The number of nitrogens with one attached hydrogen (secondary N) is 1. The highest BCUT2D eigenvalue weighted by atomic mass is 16.3. The zero-order valence-corrected chi connectivity index (χ0v) is 17.1. The van der Waals surface area contributed by atoms with Gasteiger partial charge in [0, 0.05) is 5.56 Å². The molecule has 1 atom stereocenters. The maximum atomic E-state index is 12.5. The molecule has 1 unspecified atom stereocenters. The summed E-state index contributed by atoms with van der Waals surface area (Å²) in [6.45, 7) is 3.14. The van der Waals surface area contributed by atoms with Gasteiger partial charge in [0.1, 0.15) is 5.76 Å². The Morgan fingerprint density at radius 3 is 2.80 bits per heavy atom. The number of likely N-dealkylation sites (tertiary alicyclic amines) is 1. The number of aryl methyl sites for hydroxylation is 1. The van der Waals surface area contributed by atoms with E-state index in [1.165, 1.54) is 0 Å². The molecule has 0 aliphatic carbocycles. The maximum Gasteiger partial charge on any atom is 0.237 e. The number of carbonyl (C=O) groups is 1. The molecule has 3 heterocycles. The van der Waals surface area contributed by atoms with Crippen LogP contribution < -0.4 is 5.32 Å². The van der Waals surface area contributed by atoms with E-state index in [1.54, 1.807) is 11.1 Å². The van der Waals surface area contributed by atoms with E-state index in [-0.39, 0.29) is 11.9 Å². The van der Waals surface area contributed by atoms with Gasteiger partial charge in [-0.15, -0.1) is 10.2 Å². The molecule has 0 bridgehead atoms. The first kappa shape index (κ1) is 20.3. The van der Waals surface area contributed by atoms with E-state index < -0.39 is 0 Å². The summed E-state index contributed by atoms with van der Waals surface area (Å²) in [6.07, 6.45) is 6.75. The molecule has 30 heavy (non-hydrogen) atoms. The molecule has 1 saturated heterocycles. The molecule has 1 aromatic carbocycles. The van der Waals surface area contributed by atoms with E-state index in [2.05, 4.69) is 25.6 Å². The minimum Gasteiger partial charge on any atom is -0.467 e. The first-order chi connectivity index (χ1) is 14.8. The molecule has 8 nitrogen and oxygen atoms in total. The van der Waals surface area contributed by atoms with Gasteiger partial charge in [0.25, 0.3) is 0 Å². The lowest BCUT2D eigenvalue weighted by Gasteiger charge is -2.23. The second-order valence-corrected chi connectivity index (χ2v) is 7.63. The summed E-state index contributed by atoms with van der Waals surface area (Å²) in [5.41, 5.74) is 0.981. The summed E-state index contributed by atoms with van der Waals surface area (Å²) >= 11 is 0. The van der Waals surface area contributed by atoms with Crippen LogP contribution in [0.2, 0.25) is 0 Å². The van der Waals surface area contributed by atoms with Crippen LogP contribution in [0, 0.1) is 0 Å². The summed E-state index contributed by atoms with van der Waals surface area (Å²) in [5.74, 6) is 1.55. The average Bonchev–Trinajstić information content (AvgIpc) is 3.54. The van der Waals surface area contributed by atoms with Gasteiger partial charge in [0.05, 0.1) is 25.4 Å². The van der Waals surface area contributed by atoms with Gasteiger partial charge in [-0.1, -0.05) is 36.8 Å². The zero-order valence-electron chi connectivity index (χ0n) is 17.1. The van der Waals surface area contributed by atoms with Crippen molar-refractivity contribution in [3.05, 3.63) is 54.5 Å². The van der Waals surface area contributed by atoms with Crippen molar-refractivity contribution in [2.24, 2.45) is 0 Å². The average molecular weight is 409 g/mol. The van der Waals surface area contributed by atoms with Gasteiger partial charge < -0.3 is 9.73 Å². The molecule has 4 rings (SSSR count). The Morgan fingerprint density at radius 1 is 1.10 bits per heavy atom. The number of benzene rings is 1. The summed E-state index contributed by atoms with van der Waals surface area (Å²) in [5, 5.41) is 15.7. The molecule has 1 fully saturated rings. The molecule has 1 N–H and O–H groups in total. The molecular weight excluding hydrogens is 380 g/mol. The Hall–Kier alpha value is -3.00. The van der Waals surface area contributed by atoms with Gasteiger partial charge in [0.2, 0.25) is 11.7 Å². The lowest BCUT2D eigenvalue weighted by atomic mass is 10.2. The van der Waals surface area contributed by atoms with Crippen molar-refractivity contribution in [2.45, 2.75) is 51.2 Å². The number of furan rings is 1. The Labute approximate surface area is 176 Å². The first-order valence-corrected chi connectivity index (χ1v) is 10.7. The lowest BCUT2D eigenvalue weighted by Crippen LogP contribution is -2.43. The predicted octanol–water partition coefficient (Wildman–Crippen LogP) is 2.88. The molecule has 1 amide bonds. The standard InChI is InChI=1S/C22H28N6O2/c29-22(23-17-19-11-8-16-30-19)20-12-7-14-27(20)13-5-2-6-15-28-25-21(24-26-28)18-9-3-1-4-10-18/h1,3-4,8-11,16,20H,2,5-7,12-15,17H2,(H,23,29). The van der Waals surface area contributed by atoms with Crippen LogP contribution in [0.4, 0.5) is 0 Å². The van der Waals surface area contributed by atoms with E-state index in [1.807, 2.05) is 42.5 Å². The number of hydrogen-bond donors (Lipinski definition) is 1. The number of amides is 1. The molecule has 2 aromatic heterocycles. The Bertz CT molecular complexity index is 909. The largest absolute Gasteiger partial charge is 0.467 e. The quantitative estimate of drug-likeness (QED) is 0.519. The van der Waals surface area contributed by atoms with Crippen molar-refractivity contribution in [1.82, 2.24) is 30.4 Å². The fraction of sp³-hybridized carbons (Fsp3) is 0.455. The van der Waals surface area contributed by atoms with Crippen LogP contribution in [-0.4, -0.2) is 50.1 Å². The third-order valence-electron chi connectivity index (χ3n) is 5.47. The third kappa shape index (κ3) is 5.33. The third-order valence-corrected chi connectivity index (χ3v) is 5.47. The highest BCUT2D eigenvalue weighted by Gasteiger charge is 2.29. The smallest absolute Gasteiger partial charge is 0.237 e. The zero-order chi connectivity index (χ0) is 20.6. The van der Waals surface area contributed by atoms with Crippen LogP contribution >= 0.6 is 0 Å². The lowest BCUT2D eigenvalue weighted by molar-refractivity contribution is -0.125. The summed E-state index contributed by atoms with van der Waals surface area (Å²) in [7, 11) is 0. The maximum absolute atomic E-state index is 12.5. The van der Waals surface area contributed by atoms with E-state index in [0.717, 1.165) is 63.1 Å². The predicted molar refractivity (Wildman–Crippen MR) is 112 cm³/mol. The molecule has 8 heteroatoms. The Morgan fingerprint density at radius 2 is 1.97 bits per heavy atom. The van der Waals surface area contributed by atoms with Crippen LogP contribution in [-0.2, 0) is 17.9 Å². The number of rotatable bonds is 10. The number of unbranched alkanes of at least 4 members (excludes halogenated alkanes) is 2. The van der Waals surface area contributed by atoms with Gasteiger partial charge in [-0.3, -0.25) is 9.69 Å². The van der Waals surface area contributed by atoms with Crippen molar-refractivity contribution < 1.29 is 9.21 Å². The Balaban J connectivity index is 1.15. The van der Waals surface area contributed by atoms with Gasteiger partial charge in [-0.2, -0.15) is 4.80 Å². The number of carbonyl (C=O) groups excluding carboxylic acids is 1. The van der Waals surface area contributed by atoms with Crippen LogP contribution in [0.1, 0.15) is 37.9 Å². The van der Waals surface area contributed by atoms with E-state index in [4.69, 9.17) is 4.42 Å². The molecule has 3 aromatic rings. The molecule has 158 valence electrons. The molecule has 0 radical (unpaired) electrons. The summed E-state index contributed by atoms with van der Waals surface area (Å²) in [4.78, 5) is 16.5. The van der Waals surface area contributed by atoms with Crippen molar-refractivity contribution in [1.29, 1.82) is 0 Å². The summed E-state index contributed by atoms with van der Waals surface area (Å²) in [6, 6.07) is 13.6. The number of tetrazole rings is 1. The number of nitrogens with zero attached hydrogens (tertiary/aromatic N) is 5. The van der Waals surface area contributed by atoms with E-state index in [9.17, 15) is 4.79 Å². The van der Waals surface area contributed by atoms with Crippen molar-refractivity contribution in [3.8, 4) is 11.4 Å². The fourth-order valence-corrected chi connectivity index (χ4v) is 3.88. The topological polar surface area (TPSA) is 89.1 Å². The fourth-order valence-electron chi connectivity index (χ4n) is 3.88. The highest BCUT2D eigenvalue weighted by Crippen LogP contribution is 2.18. The van der Waals surface area contributed by atoms with Crippen molar-refractivity contribution in [2.75, 3.05) is 13.1 Å². The van der Waals surface area contributed by atoms with Gasteiger partial charge in [-0.25, -0.2) is 0 Å². The van der Waals surface area contributed by atoms with Crippen LogP contribution in [0.5, 0.6) is 0 Å². The highest BCUT2D eigenvalue weighted by molar-refractivity contribution is 5.81. The molecule has 1 aliphatic rings. The summed E-state index contributed by atoms with van der Waals surface area (Å²) < 4.78 is 5.28. The molecule has 0 saturated carbocycles. The number of hydrogen-bond acceptors (Lipinski definition) is 6. The van der Waals surface area contributed by atoms with E-state index >= 15 is 0 Å². The molecule has 0 spiro atoms. The second kappa shape index (κ2) is 10.2. The van der Waals surface area contributed by atoms with E-state index in [0.29, 0.717) is 12.4 Å². The molecular formula is C22H28N6O2. The van der Waals surface area contributed by atoms with Crippen LogP contribution in [0.15, 0.2) is 53.1 Å². The SMILES string of the molecule is O=C(NCc1ccco1)C1CCCN1CCCCCn1nnc(-c2ccccc2)n1. The first-order valence-electron chi connectivity index (χ1n) is 10.7. The van der Waals surface area contributed by atoms with Crippen molar-refractivity contribution >= 4 is 5.91 Å². The normalized spacial score (nSPS) is 16.7. The van der Waals surface area contributed by atoms with Gasteiger partial charge >= 0.3 is 0 Å². The van der Waals surface area contributed by atoms with Gasteiger partial charge in [-0.05, 0) is 56.1 Å². The van der Waals surface area contributed by atoms with Crippen LogP contribution in [0.25, 0.3) is 11.4 Å². The number of aromatic nitrogens is 4. The van der Waals surface area contributed by atoms with Gasteiger partial charge in [0.15, 0.2) is 0 Å². The van der Waals surface area contributed by atoms with Crippen LogP contribution in [0.3, 0.4) is 0 Å². The minimum absolute atomic E-state index is 0.0228. The van der Waals surface area contributed by atoms with Crippen molar-refractivity contribution in [3.63, 3.8) is 0 Å². The Kier molecular flexibility index (Phi) is 6.87. The molecule has 1 aliphatic heterocycles.